The fourth-order valence-electron chi connectivity index (χ4n) is 1.64. The van der Waals surface area contributed by atoms with Crippen LogP contribution < -0.4 is 10.9 Å². The standard InChI is InChI=1S/C15H18N2O2/c1-3-11(2)9-17-13-6-7-14(19-15(13)18)12-5-4-8-16-10-12/h4-8,10-11,17H,3,9H2,1-2H3. The van der Waals surface area contributed by atoms with E-state index in [0.29, 0.717) is 17.4 Å². The van der Waals surface area contributed by atoms with Crippen molar-refractivity contribution in [3.8, 4) is 11.3 Å². The van der Waals surface area contributed by atoms with Crippen molar-refractivity contribution < 1.29 is 4.42 Å². The van der Waals surface area contributed by atoms with Crippen LogP contribution in [0.5, 0.6) is 0 Å². The number of aromatic nitrogens is 1. The summed E-state index contributed by atoms with van der Waals surface area (Å²) in [4.78, 5) is 15.9. The predicted octanol–water partition coefficient (Wildman–Crippen LogP) is 3.16. The van der Waals surface area contributed by atoms with E-state index in [1.165, 1.54) is 0 Å². The van der Waals surface area contributed by atoms with Crippen molar-refractivity contribution >= 4 is 5.69 Å². The Kier molecular flexibility index (Phi) is 4.34. The first-order valence-electron chi connectivity index (χ1n) is 6.49. The average molecular weight is 258 g/mol. The van der Waals surface area contributed by atoms with Crippen molar-refractivity contribution in [2.24, 2.45) is 5.92 Å². The van der Waals surface area contributed by atoms with Crippen LogP contribution in [-0.2, 0) is 0 Å². The van der Waals surface area contributed by atoms with Crippen LogP contribution in [0.3, 0.4) is 0 Å². The third kappa shape index (κ3) is 3.44. The lowest BCUT2D eigenvalue weighted by Crippen LogP contribution is -2.16. The minimum atomic E-state index is -0.343. The topological polar surface area (TPSA) is 55.1 Å². The van der Waals surface area contributed by atoms with E-state index < -0.39 is 0 Å². The highest BCUT2D eigenvalue weighted by atomic mass is 16.4. The van der Waals surface area contributed by atoms with E-state index in [2.05, 4.69) is 24.1 Å². The maximum atomic E-state index is 11.9. The molecule has 4 nitrogen and oxygen atoms in total. The first kappa shape index (κ1) is 13.3. The number of nitrogens with one attached hydrogen (secondary N) is 1. The molecule has 1 unspecified atom stereocenters. The van der Waals surface area contributed by atoms with Crippen LogP contribution in [0, 0.1) is 5.92 Å². The van der Waals surface area contributed by atoms with E-state index in [-0.39, 0.29) is 5.63 Å². The van der Waals surface area contributed by atoms with Crippen LogP contribution in [-0.4, -0.2) is 11.5 Å². The van der Waals surface area contributed by atoms with Crippen LogP contribution in [0.25, 0.3) is 11.3 Å². The summed E-state index contributed by atoms with van der Waals surface area (Å²) in [5.41, 5.74) is 0.964. The van der Waals surface area contributed by atoms with Gasteiger partial charge in [0.2, 0.25) is 0 Å². The molecule has 1 atom stereocenters. The molecule has 0 aliphatic rings. The molecule has 0 saturated heterocycles. The molecule has 2 rings (SSSR count). The lowest BCUT2D eigenvalue weighted by atomic mass is 10.1. The van der Waals surface area contributed by atoms with Gasteiger partial charge >= 0.3 is 5.63 Å². The van der Waals surface area contributed by atoms with Crippen molar-refractivity contribution in [2.75, 3.05) is 11.9 Å². The van der Waals surface area contributed by atoms with Crippen LogP contribution in [0.1, 0.15) is 20.3 Å². The van der Waals surface area contributed by atoms with Crippen LogP contribution in [0.2, 0.25) is 0 Å². The predicted molar refractivity (Wildman–Crippen MR) is 76.2 cm³/mol. The van der Waals surface area contributed by atoms with E-state index in [1.54, 1.807) is 24.5 Å². The van der Waals surface area contributed by atoms with Crippen LogP contribution >= 0.6 is 0 Å². The summed E-state index contributed by atoms with van der Waals surface area (Å²) >= 11 is 0. The SMILES string of the molecule is CCC(C)CNc1ccc(-c2cccnc2)oc1=O. The second kappa shape index (κ2) is 6.18. The third-order valence-corrected chi connectivity index (χ3v) is 3.11. The van der Waals surface area contributed by atoms with E-state index in [9.17, 15) is 4.79 Å². The molecule has 0 saturated carbocycles. The molecular formula is C15H18N2O2. The Hall–Kier alpha value is -2.10. The summed E-state index contributed by atoms with van der Waals surface area (Å²) in [6, 6.07) is 7.22. The molecule has 0 aliphatic carbocycles. The minimum Gasteiger partial charge on any atom is -0.421 e. The van der Waals surface area contributed by atoms with Crippen molar-refractivity contribution in [3.63, 3.8) is 0 Å². The summed E-state index contributed by atoms with van der Waals surface area (Å²) in [7, 11) is 0. The molecule has 2 aromatic heterocycles. The zero-order valence-electron chi connectivity index (χ0n) is 11.2. The molecule has 19 heavy (non-hydrogen) atoms. The molecule has 100 valence electrons. The van der Waals surface area contributed by atoms with Gasteiger partial charge in [0.1, 0.15) is 11.4 Å². The summed E-state index contributed by atoms with van der Waals surface area (Å²) in [5, 5.41) is 3.12. The fraction of sp³-hybridized carbons (Fsp3) is 0.333. The van der Waals surface area contributed by atoms with Gasteiger partial charge in [-0.05, 0) is 30.2 Å². The maximum absolute atomic E-state index is 11.9. The molecule has 2 heterocycles. The molecule has 0 aliphatic heterocycles. The lowest BCUT2D eigenvalue weighted by Gasteiger charge is -2.10. The monoisotopic (exact) mass is 258 g/mol. The number of rotatable bonds is 5. The average Bonchev–Trinajstić information content (AvgIpc) is 2.46. The number of hydrogen-bond donors (Lipinski definition) is 1. The van der Waals surface area contributed by atoms with Crippen molar-refractivity contribution in [1.29, 1.82) is 0 Å². The number of anilines is 1. The van der Waals surface area contributed by atoms with Gasteiger partial charge in [-0.3, -0.25) is 4.98 Å². The molecule has 0 aromatic carbocycles. The number of hydrogen-bond acceptors (Lipinski definition) is 4. The summed E-state index contributed by atoms with van der Waals surface area (Å²) in [6.45, 7) is 5.03. The Morgan fingerprint density at radius 3 is 2.84 bits per heavy atom. The highest BCUT2D eigenvalue weighted by molar-refractivity contribution is 5.57. The first-order valence-corrected chi connectivity index (χ1v) is 6.49. The molecule has 0 bridgehead atoms. The normalized spacial score (nSPS) is 12.1. The quantitative estimate of drug-likeness (QED) is 0.895. The highest BCUT2D eigenvalue weighted by Gasteiger charge is 2.06. The van der Waals surface area contributed by atoms with Gasteiger partial charge in [-0.25, -0.2) is 4.79 Å². The zero-order chi connectivity index (χ0) is 13.7. The minimum absolute atomic E-state index is 0.343. The molecule has 0 spiro atoms. The Morgan fingerprint density at radius 1 is 1.37 bits per heavy atom. The summed E-state index contributed by atoms with van der Waals surface area (Å²) in [6.07, 6.45) is 4.43. The molecule has 1 N–H and O–H groups in total. The molecule has 0 radical (unpaired) electrons. The Labute approximate surface area is 112 Å². The molecule has 4 heteroatoms. The van der Waals surface area contributed by atoms with Gasteiger partial charge in [-0.15, -0.1) is 0 Å². The highest BCUT2D eigenvalue weighted by Crippen LogP contribution is 2.17. The summed E-state index contributed by atoms with van der Waals surface area (Å²) in [5.74, 6) is 1.06. The molecule has 0 fully saturated rings. The molecule has 0 amide bonds. The van der Waals surface area contributed by atoms with Gasteiger partial charge in [-0.2, -0.15) is 0 Å². The molecular weight excluding hydrogens is 240 g/mol. The second-order valence-corrected chi connectivity index (χ2v) is 4.64. The van der Waals surface area contributed by atoms with Crippen molar-refractivity contribution in [3.05, 3.63) is 47.1 Å². The fourth-order valence-corrected chi connectivity index (χ4v) is 1.64. The smallest absolute Gasteiger partial charge is 0.359 e. The van der Waals surface area contributed by atoms with Gasteiger partial charge in [0.05, 0.1) is 0 Å². The largest absolute Gasteiger partial charge is 0.421 e. The van der Waals surface area contributed by atoms with Gasteiger partial charge in [0.25, 0.3) is 0 Å². The van der Waals surface area contributed by atoms with Crippen LogP contribution in [0.4, 0.5) is 5.69 Å². The van der Waals surface area contributed by atoms with Gasteiger partial charge in [0.15, 0.2) is 0 Å². The Bertz CT molecular complexity index is 578. The first-order chi connectivity index (χ1) is 9.20. The Balaban J connectivity index is 2.16. The van der Waals surface area contributed by atoms with E-state index in [0.717, 1.165) is 18.5 Å². The van der Waals surface area contributed by atoms with E-state index >= 15 is 0 Å². The maximum Gasteiger partial charge on any atom is 0.359 e. The van der Waals surface area contributed by atoms with Crippen molar-refractivity contribution in [2.45, 2.75) is 20.3 Å². The zero-order valence-corrected chi connectivity index (χ0v) is 11.2. The van der Waals surface area contributed by atoms with Gasteiger partial charge in [-0.1, -0.05) is 20.3 Å². The second-order valence-electron chi connectivity index (χ2n) is 4.64. The number of pyridine rings is 1. The van der Waals surface area contributed by atoms with Crippen molar-refractivity contribution in [1.82, 2.24) is 4.98 Å². The lowest BCUT2D eigenvalue weighted by molar-refractivity contribution is 0.525. The Morgan fingerprint density at radius 2 is 2.21 bits per heavy atom. The van der Waals surface area contributed by atoms with E-state index in [4.69, 9.17) is 4.42 Å². The van der Waals surface area contributed by atoms with Gasteiger partial charge in [0, 0.05) is 24.5 Å². The number of nitrogens with zero attached hydrogens (tertiary/aromatic N) is 1. The molecule has 2 aromatic rings. The third-order valence-electron chi connectivity index (χ3n) is 3.11. The van der Waals surface area contributed by atoms with Gasteiger partial charge < -0.3 is 9.73 Å². The summed E-state index contributed by atoms with van der Waals surface area (Å²) < 4.78 is 5.30. The van der Waals surface area contributed by atoms with E-state index in [1.807, 2.05) is 12.1 Å². The van der Waals surface area contributed by atoms with Crippen LogP contribution in [0.15, 0.2) is 45.9 Å².